The number of benzene rings is 1. The first-order valence-electron chi connectivity index (χ1n) is 9.96. The molecule has 1 aromatic heterocycles. The van der Waals surface area contributed by atoms with Gasteiger partial charge < -0.3 is 5.32 Å². The first-order chi connectivity index (χ1) is 13.5. The van der Waals surface area contributed by atoms with Gasteiger partial charge in [-0.15, -0.1) is 0 Å². The van der Waals surface area contributed by atoms with Crippen molar-refractivity contribution in [2.24, 2.45) is 5.41 Å². The van der Waals surface area contributed by atoms with Crippen LogP contribution in [0.2, 0.25) is 0 Å². The quantitative estimate of drug-likeness (QED) is 0.890. The number of nitrogens with zero attached hydrogens (tertiary/aromatic N) is 3. The lowest BCUT2D eigenvalue weighted by molar-refractivity contribution is -0.127. The highest BCUT2D eigenvalue weighted by molar-refractivity contribution is 5.99. The maximum absolute atomic E-state index is 13.3. The third-order valence-electron chi connectivity index (χ3n) is 6.01. The zero-order valence-corrected chi connectivity index (χ0v) is 16.4. The number of hydrogen-bond acceptors (Lipinski definition) is 4. The standard InChI is InChI=1S/C22H26N4O2/c1-15-5-3-6-17(13-15)20(27)25-18-7-4-9-22(14-18)10-12-26(21(22)28)19-8-11-23-16(2)24-19/h3,5-6,8,11,13,18H,4,7,9-10,12,14H2,1-2H3,(H,25,27)/t18-,22?/m1/s1. The molecule has 2 amide bonds. The Morgan fingerprint density at radius 1 is 1.25 bits per heavy atom. The lowest BCUT2D eigenvalue weighted by Gasteiger charge is -2.36. The molecule has 2 fully saturated rings. The summed E-state index contributed by atoms with van der Waals surface area (Å²) in [4.78, 5) is 36.3. The summed E-state index contributed by atoms with van der Waals surface area (Å²) in [6, 6.07) is 9.43. The largest absolute Gasteiger partial charge is 0.349 e. The molecule has 1 aromatic carbocycles. The lowest BCUT2D eigenvalue weighted by atomic mass is 9.71. The van der Waals surface area contributed by atoms with E-state index in [1.54, 1.807) is 17.2 Å². The molecule has 2 aliphatic rings. The normalized spacial score (nSPS) is 24.6. The lowest BCUT2D eigenvalue weighted by Crippen LogP contribution is -2.46. The van der Waals surface area contributed by atoms with Crippen LogP contribution in [0, 0.1) is 19.3 Å². The fourth-order valence-corrected chi connectivity index (χ4v) is 4.60. The van der Waals surface area contributed by atoms with E-state index in [0.29, 0.717) is 30.2 Å². The molecule has 1 N–H and O–H groups in total. The Hall–Kier alpha value is -2.76. The molecular weight excluding hydrogens is 352 g/mol. The summed E-state index contributed by atoms with van der Waals surface area (Å²) in [5.74, 6) is 1.43. The van der Waals surface area contributed by atoms with Gasteiger partial charge in [0, 0.05) is 24.3 Å². The second-order valence-corrected chi connectivity index (χ2v) is 8.09. The highest BCUT2D eigenvalue weighted by atomic mass is 16.2. The molecule has 2 heterocycles. The molecule has 1 saturated carbocycles. The zero-order valence-electron chi connectivity index (χ0n) is 16.4. The molecular formula is C22H26N4O2. The van der Waals surface area contributed by atoms with Gasteiger partial charge in [0.25, 0.3) is 5.91 Å². The van der Waals surface area contributed by atoms with Crippen LogP contribution in [0.5, 0.6) is 0 Å². The highest BCUT2D eigenvalue weighted by Gasteiger charge is 2.50. The average molecular weight is 378 g/mol. The minimum Gasteiger partial charge on any atom is -0.349 e. The molecule has 1 aliphatic carbocycles. The first kappa shape index (κ1) is 18.6. The van der Waals surface area contributed by atoms with Crippen LogP contribution >= 0.6 is 0 Å². The van der Waals surface area contributed by atoms with Crippen LogP contribution in [-0.2, 0) is 4.79 Å². The number of carbonyl (C=O) groups is 2. The molecule has 6 nitrogen and oxygen atoms in total. The molecule has 146 valence electrons. The van der Waals surface area contributed by atoms with E-state index in [4.69, 9.17) is 0 Å². The van der Waals surface area contributed by atoms with E-state index in [1.807, 2.05) is 38.1 Å². The number of aryl methyl sites for hydroxylation is 2. The first-order valence-corrected chi connectivity index (χ1v) is 9.96. The molecule has 1 saturated heterocycles. The summed E-state index contributed by atoms with van der Waals surface area (Å²) in [7, 11) is 0. The topological polar surface area (TPSA) is 75.2 Å². The van der Waals surface area contributed by atoms with E-state index < -0.39 is 0 Å². The van der Waals surface area contributed by atoms with Gasteiger partial charge in [-0.25, -0.2) is 9.97 Å². The van der Waals surface area contributed by atoms with Crippen LogP contribution in [-0.4, -0.2) is 34.4 Å². The van der Waals surface area contributed by atoms with Crippen molar-refractivity contribution in [3.63, 3.8) is 0 Å². The van der Waals surface area contributed by atoms with E-state index in [0.717, 1.165) is 31.2 Å². The summed E-state index contributed by atoms with van der Waals surface area (Å²) in [5.41, 5.74) is 1.35. The number of amides is 2. The van der Waals surface area contributed by atoms with Gasteiger partial charge in [-0.05, 0) is 57.7 Å². The van der Waals surface area contributed by atoms with Crippen molar-refractivity contribution in [1.29, 1.82) is 0 Å². The summed E-state index contributed by atoms with van der Waals surface area (Å²) in [6.45, 7) is 4.48. The Morgan fingerprint density at radius 3 is 2.89 bits per heavy atom. The zero-order chi connectivity index (χ0) is 19.7. The molecule has 6 heteroatoms. The number of hydrogen-bond donors (Lipinski definition) is 1. The van der Waals surface area contributed by atoms with Crippen LogP contribution in [0.3, 0.4) is 0 Å². The Labute approximate surface area is 165 Å². The number of aromatic nitrogens is 2. The van der Waals surface area contributed by atoms with Crippen LogP contribution in [0.4, 0.5) is 5.82 Å². The summed E-state index contributed by atoms with van der Waals surface area (Å²) in [6.07, 6.45) is 5.95. The van der Waals surface area contributed by atoms with Crippen molar-refractivity contribution < 1.29 is 9.59 Å². The minimum absolute atomic E-state index is 0.0257. The average Bonchev–Trinajstić information content (AvgIpc) is 2.97. The summed E-state index contributed by atoms with van der Waals surface area (Å²) >= 11 is 0. The van der Waals surface area contributed by atoms with Gasteiger partial charge >= 0.3 is 0 Å². The van der Waals surface area contributed by atoms with Gasteiger partial charge in [-0.2, -0.15) is 0 Å². The maximum atomic E-state index is 13.3. The van der Waals surface area contributed by atoms with Gasteiger partial charge in [0.15, 0.2) is 0 Å². The van der Waals surface area contributed by atoms with Gasteiger partial charge in [-0.1, -0.05) is 24.1 Å². The number of rotatable bonds is 3. The van der Waals surface area contributed by atoms with E-state index >= 15 is 0 Å². The van der Waals surface area contributed by atoms with Crippen molar-refractivity contribution in [2.45, 2.75) is 52.0 Å². The molecule has 1 spiro atoms. The summed E-state index contributed by atoms with van der Waals surface area (Å²) in [5, 5.41) is 3.16. The van der Waals surface area contributed by atoms with Crippen LogP contribution in [0.25, 0.3) is 0 Å². The third kappa shape index (κ3) is 3.51. The summed E-state index contributed by atoms with van der Waals surface area (Å²) < 4.78 is 0. The van der Waals surface area contributed by atoms with Crippen molar-refractivity contribution in [1.82, 2.24) is 15.3 Å². The van der Waals surface area contributed by atoms with Gasteiger partial charge in [0.05, 0.1) is 5.41 Å². The number of carbonyl (C=O) groups excluding carboxylic acids is 2. The van der Waals surface area contributed by atoms with Crippen molar-refractivity contribution in [3.05, 3.63) is 53.5 Å². The molecule has 28 heavy (non-hydrogen) atoms. The maximum Gasteiger partial charge on any atom is 0.251 e. The van der Waals surface area contributed by atoms with E-state index in [9.17, 15) is 9.59 Å². The second kappa shape index (κ2) is 7.34. The second-order valence-electron chi connectivity index (χ2n) is 8.09. The Bertz CT molecular complexity index is 913. The van der Waals surface area contributed by atoms with Gasteiger partial charge in [0.2, 0.25) is 5.91 Å². The molecule has 1 aliphatic heterocycles. The third-order valence-corrected chi connectivity index (χ3v) is 6.01. The van der Waals surface area contributed by atoms with Crippen LogP contribution < -0.4 is 10.2 Å². The highest BCUT2D eigenvalue weighted by Crippen LogP contribution is 2.45. The Morgan fingerprint density at radius 2 is 2.11 bits per heavy atom. The van der Waals surface area contributed by atoms with Crippen molar-refractivity contribution in [3.8, 4) is 0 Å². The number of nitrogens with one attached hydrogen (secondary N) is 1. The van der Waals surface area contributed by atoms with E-state index in [2.05, 4.69) is 15.3 Å². The fourth-order valence-electron chi connectivity index (χ4n) is 4.60. The predicted molar refractivity (Wildman–Crippen MR) is 107 cm³/mol. The molecule has 0 bridgehead atoms. The number of anilines is 1. The molecule has 4 rings (SSSR count). The van der Waals surface area contributed by atoms with Crippen LogP contribution in [0.1, 0.15) is 53.8 Å². The molecule has 2 aromatic rings. The van der Waals surface area contributed by atoms with Crippen molar-refractivity contribution >= 4 is 17.6 Å². The molecule has 1 unspecified atom stereocenters. The van der Waals surface area contributed by atoms with Crippen molar-refractivity contribution in [2.75, 3.05) is 11.4 Å². The SMILES string of the molecule is Cc1cccc(C(=O)N[C@@H]2CCCC3(CCN(c4ccnc(C)n4)C3=O)C2)c1. The Balaban J connectivity index is 1.47. The smallest absolute Gasteiger partial charge is 0.251 e. The fraction of sp³-hybridized carbons (Fsp3) is 0.455. The Kier molecular flexibility index (Phi) is 4.87. The van der Waals surface area contributed by atoms with E-state index in [1.165, 1.54) is 0 Å². The van der Waals surface area contributed by atoms with Gasteiger partial charge in [0.1, 0.15) is 11.6 Å². The predicted octanol–water partition coefficient (Wildman–Crippen LogP) is 3.19. The van der Waals surface area contributed by atoms with E-state index in [-0.39, 0.29) is 23.3 Å². The molecule has 0 radical (unpaired) electrons. The minimum atomic E-state index is -0.387. The molecule has 2 atom stereocenters. The monoisotopic (exact) mass is 378 g/mol. The van der Waals surface area contributed by atoms with Gasteiger partial charge in [-0.3, -0.25) is 14.5 Å². The van der Waals surface area contributed by atoms with Crippen LogP contribution in [0.15, 0.2) is 36.5 Å².